The number of ether oxygens (including phenoxy) is 1. The normalized spacial score (nSPS) is 21.2. The van der Waals surface area contributed by atoms with E-state index in [1.54, 1.807) is 0 Å². The Morgan fingerprint density at radius 1 is 1.12 bits per heavy atom. The third kappa shape index (κ3) is 4.27. The maximum absolute atomic E-state index is 5.47. The molecule has 0 aromatic carbocycles. The van der Waals surface area contributed by atoms with Gasteiger partial charge in [-0.2, -0.15) is 12.6 Å². The highest BCUT2D eigenvalue weighted by Gasteiger charge is 2.30. The minimum atomic E-state index is 0.641. The van der Waals surface area contributed by atoms with Crippen molar-refractivity contribution in [1.29, 1.82) is 0 Å². The second kappa shape index (κ2) is 7.57. The standard InChI is InChI=1S/C13H27NOS/c1-3-13(4-2)5-7-14(8-6-13)9-10-15-11-12-16/h16H,3-12H2,1-2H3. The molecule has 16 heavy (non-hydrogen) atoms. The van der Waals surface area contributed by atoms with Crippen molar-refractivity contribution in [3.05, 3.63) is 0 Å². The van der Waals surface area contributed by atoms with Crippen LogP contribution in [0, 0.1) is 5.41 Å². The molecule has 0 aliphatic carbocycles. The van der Waals surface area contributed by atoms with E-state index in [2.05, 4.69) is 31.4 Å². The van der Waals surface area contributed by atoms with Gasteiger partial charge in [0.05, 0.1) is 13.2 Å². The Morgan fingerprint density at radius 2 is 1.75 bits per heavy atom. The first kappa shape index (κ1) is 14.3. The Balaban J connectivity index is 2.16. The Morgan fingerprint density at radius 3 is 2.25 bits per heavy atom. The lowest BCUT2D eigenvalue weighted by Crippen LogP contribution is -2.41. The predicted octanol–water partition coefficient (Wildman–Crippen LogP) is 2.84. The summed E-state index contributed by atoms with van der Waals surface area (Å²) in [6.45, 7) is 9.94. The molecule has 0 unspecified atom stereocenters. The van der Waals surface area contributed by atoms with Gasteiger partial charge in [0.25, 0.3) is 0 Å². The number of thiol groups is 1. The van der Waals surface area contributed by atoms with Gasteiger partial charge in [-0.25, -0.2) is 0 Å². The zero-order chi connectivity index (χ0) is 11.9. The summed E-state index contributed by atoms with van der Waals surface area (Å²) in [5, 5.41) is 0. The first-order valence-corrected chi connectivity index (χ1v) is 7.30. The maximum atomic E-state index is 5.47. The summed E-state index contributed by atoms with van der Waals surface area (Å²) in [5.41, 5.74) is 0.641. The van der Waals surface area contributed by atoms with Crippen LogP contribution in [-0.4, -0.2) is 43.5 Å². The van der Waals surface area contributed by atoms with Crippen molar-refractivity contribution in [1.82, 2.24) is 4.90 Å². The van der Waals surface area contributed by atoms with E-state index in [1.807, 2.05) is 0 Å². The van der Waals surface area contributed by atoms with Gasteiger partial charge < -0.3 is 9.64 Å². The molecule has 0 aromatic rings. The molecule has 96 valence electrons. The van der Waals surface area contributed by atoms with Crippen molar-refractivity contribution < 1.29 is 4.74 Å². The van der Waals surface area contributed by atoms with Crippen LogP contribution in [0.2, 0.25) is 0 Å². The largest absolute Gasteiger partial charge is 0.379 e. The maximum Gasteiger partial charge on any atom is 0.0593 e. The summed E-state index contributed by atoms with van der Waals surface area (Å²) in [5.74, 6) is 0.828. The van der Waals surface area contributed by atoms with Gasteiger partial charge in [0.2, 0.25) is 0 Å². The van der Waals surface area contributed by atoms with Gasteiger partial charge in [-0.3, -0.25) is 0 Å². The molecule has 0 aromatic heterocycles. The van der Waals surface area contributed by atoms with E-state index in [-0.39, 0.29) is 0 Å². The Kier molecular flexibility index (Phi) is 6.78. The number of rotatable bonds is 7. The molecular weight excluding hydrogens is 218 g/mol. The average Bonchev–Trinajstić information content (AvgIpc) is 2.36. The Labute approximate surface area is 106 Å². The molecule has 1 aliphatic rings. The van der Waals surface area contributed by atoms with Crippen LogP contribution < -0.4 is 0 Å². The molecule has 0 saturated carbocycles. The zero-order valence-corrected chi connectivity index (χ0v) is 11.8. The summed E-state index contributed by atoms with van der Waals surface area (Å²) in [6, 6.07) is 0. The van der Waals surface area contributed by atoms with Crippen LogP contribution in [-0.2, 0) is 4.74 Å². The van der Waals surface area contributed by atoms with Crippen molar-refractivity contribution in [3.63, 3.8) is 0 Å². The predicted molar refractivity (Wildman–Crippen MR) is 73.4 cm³/mol. The smallest absolute Gasteiger partial charge is 0.0593 e. The van der Waals surface area contributed by atoms with Gasteiger partial charge in [-0.15, -0.1) is 0 Å². The first-order chi connectivity index (χ1) is 7.76. The lowest BCUT2D eigenvalue weighted by Gasteiger charge is -2.41. The molecule has 3 heteroatoms. The number of likely N-dealkylation sites (tertiary alicyclic amines) is 1. The molecule has 1 heterocycles. The lowest BCUT2D eigenvalue weighted by molar-refractivity contribution is 0.0629. The van der Waals surface area contributed by atoms with Crippen molar-refractivity contribution in [2.24, 2.45) is 5.41 Å². The van der Waals surface area contributed by atoms with E-state index in [0.29, 0.717) is 5.41 Å². The van der Waals surface area contributed by atoms with Crippen LogP contribution in [0.1, 0.15) is 39.5 Å². The molecule has 0 spiro atoms. The Bertz CT molecular complexity index is 173. The van der Waals surface area contributed by atoms with Gasteiger partial charge >= 0.3 is 0 Å². The minimum absolute atomic E-state index is 0.641. The van der Waals surface area contributed by atoms with Crippen LogP contribution in [0.15, 0.2) is 0 Å². The molecule has 1 saturated heterocycles. The van der Waals surface area contributed by atoms with Crippen molar-refractivity contribution in [3.8, 4) is 0 Å². The molecule has 1 aliphatic heterocycles. The summed E-state index contributed by atoms with van der Waals surface area (Å²) >= 11 is 4.13. The summed E-state index contributed by atoms with van der Waals surface area (Å²) in [6.07, 6.45) is 5.42. The zero-order valence-electron chi connectivity index (χ0n) is 10.9. The van der Waals surface area contributed by atoms with Crippen LogP contribution in [0.25, 0.3) is 0 Å². The highest BCUT2D eigenvalue weighted by Crippen LogP contribution is 2.37. The number of hydrogen-bond acceptors (Lipinski definition) is 3. The van der Waals surface area contributed by atoms with Crippen molar-refractivity contribution in [2.45, 2.75) is 39.5 Å². The van der Waals surface area contributed by atoms with E-state index in [9.17, 15) is 0 Å². The monoisotopic (exact) mass is 245 g/mol. The molecule has 0 radical (unpaired) electrons. The van der Waals surface area contributed by atoms with Crippen molar-refractivity contribution >= 4 is 12.6 Å². The number of nitrogens with zero attached hydrogens (tertiary/aromatic N) is 1. The van der Waals surface area contributed by atoms with Crippen LogP contribution in [0.3, 0.4) is 0 Å². The highest BCUT2D eigenvalue weighted by atomic mass is 32.1. The lowest BCUT2D eigenvalue weighted by atomic mass is 9.74. The van der Waals surface area contributed by atoms with E-state index in [4.69, 9.17) is 4.74 Å². The topological polar surface area (TPSA) is 12.5 Å². The van der Waals surface area contributed by atoms with Crippen LogP contribution >= 0.6 is 12.6 Å². The molecule has 0 amide bonds. The number of piperidine rings is 1. The summed E-state index contributed by atoms with van der Waals surface area (Å²) < 4.78 is 5.47. The summed E-state index contributed by atoms with van der Waals surface area (Å²) in [4.78, 5) is 2.54. The highest BCUT2D eigenvalue weighted by molar-refractivity contribution is 7.80. The van der Waals surface area contributed by atoms with E-state index in [1.165, 1.54) is 38.8 Å². The third-order valence-electron chi connectivity index (χ3n) is 4.20. The second-order valence-corrected chi connectivity index (χ2v) is 5.33. The quantitative estimate of drug-likeness (QED) is 0.547. The molecular formula is C13H27NOS. The van der Waals surface area contributed by atoms with Crippen LogP contribution in [0.5, 0.6) is 0 Å². The van der Waals surface area contributed by atoms with Crippen molar-refractivity contribution in [2.75, 3.05) is 38.6 Å². The molecule has 1 fully saturated rings. The second-order valence-electron chi connectivity index (χ2n) is 4.88. The van der Waals surface area contributed by atoms with Gasteiger partial charge in [0.15, 0.2) is 0 Å². The molecule has 0 bridgehead atoms. The Hall–Kier alpha value is 0.270. The fourth-order valence-corrected chi connectivity index (χ4v) is 2.70. The summed E-state index contributed by atoms with van der Waals surface area (Å²) in [7, 11) is 0. The molecule has 2 nitrogen and oxygen atoms in total. The van der Waals surface area contributed by atoms with E-state index >= 15 is 0 Å². The fourth-order valence-electron chi connectivity index (χ4n) is 2.57. The van der Waals surface area contributed by atoms with E-state index < -0.39 is 0 Å². The average molecular weight is 245 g/mol. The SMILES string of the molecule is CCC1(CC)CCN(CCOCCS)CC1. The molecule has 1 rings (SSSR count). The fraction of sp³-hybridized carbons (Fsp3) is 1.00. The first-order valence-electron chi connectivity index (χ1n) is 6.67. The van der Waals surface area contributed by atoms with E-state index in [0.717, 1.165) is 25.5 Å². The van der Waals surface area contributed by atoms with Gasteiger partial charge in [-0.05, 0) is 31.3 Å². The van der Waals surface area contributed by atoms with Gasteiger partial charge in [0, 0.05) is 12.3 Å². The van der Waals surface area contributed by atoms with Gasteiger partial charge in [-0.1, -0.05) is 26.7 Å². The van der Waals surface area contributed by atoms with Crippen LogP contribution in [0.4, 0.5) is 0 Å². The molecule has 0 atom stereocenters. The number of hydrogen-bond donors (Lipinski definition) is 1. The minimum Gasteiger partial charge on any atom is -0.379 e. The molecule has 0 N–H and O–H groups in total. The van der Waals surface area contributed by atoms with Gasteiger partial charge in [0.1, 0.15) is 0 Å². The third-order valence-corrected chi connectivity index (χ3v) is 4.39.